The number of aromatic amines is 1. The molecule has 2 heterocycles. The second-order valence-electron chi connectivity index (χ2n) is 4.95. The summed E-state index contributed by atoms with van der Waals surface area (Å²) in [6.45, 7) is 3.90. The first kappa shape index (κ1) is 13.7. The van der Waals surface area contributed by atoms with Crippen molar-refractivity contribution in [3.05, 3.63) is 41.1 Å². The van der Waals surface area contributed by atoms with Gasteiger partial charge < -0.3 is 5.73 Å². The number of nitrogens with two attached hydrogens (primary N) is 1. The van der Waals surface area contributed by atoms with Crippen LogP contribution in [0.25, 0.3) is 10.8 Å². The summed E-state index contributed by atoms with van der Waals surface area (Å²) in [5.41, 5.74) is 6.49. The Labute approximate surface area is 125 Å². The molecule has 3 rings (SSSR count). The summed E-state index contributed by atoms with van der Waals surface area (Å²) in [7, 11) is 0. The predicted octanol–water partition coefficient (Wildman–Crippen LogP) is 2.43. The van der Waals surface area contributed by atoms with Crippen LogP contribution in [-0.4, -0.2) is 19.7 Å². The van der Waals surface area contributed by atoms with Crippen molar-refractivity contribution in [2.24, 2.45) is 0 Å². The van der Waals surface area contributed by atoms with Crippen molar-refractivity contribution in [2.75, 3.05) is 5.73 Å². The number of aromatic nitrogens is 4. The molecule has 0 atom stereocenters. The van der Waals surface area contributed by atoms with Gasteiger partial charge in [-0.1, -0.05) is 0 Å². The van der Waals surface area contributed by atoms with Crippen LogP contribution in [0.5, 0.6) is 0 Å². The van der Waals surface area contributed by atoms with Crippen LogP contribution in [0, 0.1) is 0 Å². The zero-order valence-corrected chi connectivity index (χ0v) is 12.5. The maximum absolute atomic E-state index is 11.8. The molecular weight excluding hydrogens is 286 g/mol. The van der Waals surface area contributed by atoms with Crippen LogP contribution in [0.15, 0.2) is 45.4 Å². The lowest BCUT2D eigenvalue weighted by Gasteiger charge is -2.10. The van der Waals surface area contributed by atoms with E-state index in [0.29, 0.717) is 10.8 Å². The number of hydrogen-bond acceptors (Lipinski definition) is 5. The van der Waals surface area contributed by atoms with E-state index in [-0.39, 0.29) is 11.7 Å². The fourth-order valence-electron chi connectivity index (χ4n) is 2.19. The number of nitrogens with zero attached hydrogens (tertiary/aromatic N) is 3. The molecule has 0 saturated heterocycles. The second-order valence-corrected chi connectivity index (χ2v) is 5.96. The molecule has 3 N–H and O–H groups in total. The molecule has 1 aromatic carbocycles. The third kappa shape index (κ3) is 2.40. The number of anilines is 1. The first-order valence-corrected chi connectivity index (χ1v) is 7.36. The fraction of sp³-hybridized carbons (Fsp3) is 0.214. The average Bonchev–Trinajstić information content (AvgIpc) is 2.83. The quantitative estimate of drug-likeness (QED) is 0.725. The van der Waals surface area contributed by atoms with E-state index in [2.05, 4.69) is 15.2 Å². The maximum Gasteiger partial charge on any atom is 0.344 e. The zero-order valence-electron chi connectivity index (χ0n) is 11.7. The SMILES string of the molecule is CC(C)n1c(Sc2ccc(N)c3ccncc23)n[nH]c1=O. The van der Waals surface area contributed by atoms with Gasteiger partial charge in [0.15, 0.2) is 5.16 Å². The molecule has 7 heteroatoms. The number of nitrogen functional groups attached to an aromatic ring is 1. The number of H-pyrrole nitrogens is 1. The first-order chi connectivity index (χ1) is 10.1. The normalized spacial score (nSPS) is 11.4. The Bertz CT molecular complexity index is 852. The number of nitrogens with one attached hydrogen (secondary N) is 1. The van der Waals surface area contributed by atoms with Crippen molar-refractivity contribution >= 4 is 28.2 Å². The second kappa shape index (κ2) is 5.25. The van der Waals surface area contributed by atoms with Gasteiger partial charge in [-0.3, -0.25) is 9.55 Å². The van der Waals surface area contributed by atoms with Gasteiger partial charge in [-0.05, 0) is 43.8 Å². The van der Waals surface area contributed by atoms with Crippen molar-refractivity contribution in [2.45, 2.75) is 29.9 Å². The summed E-state index contributed by atoms with van der Waals surface area (Å²) in [4.78, 5) is 16.9. The molecule has 2 aromatic heterocycles. The lowest BCUT2D eigenvalue weighted by atomic mass is 10.1. The molecule has 0 saturated carbocycles. The van der Waals surface area contributed by atoms with Crippen LogP contribution in [0.3, 0.4) is 0 Å². The minimum Gasteiger partial charge on any atom is -0.398 e. The third-order valence-electron chi connectivity index (χ3n) is 3.20. The minimum atomic E-state index is -0.203. The van der Waals surface area contributed by atoms with Gasteiger partial charge in [0.05, 0.1) is 0 Å². The molecule has 0 bridgehead atoms. The van der Waals surface area contributed by atoms with Gasteiger partial charge in [0.1, 0.15) is 0 Å². The Balaban J connectivity index is 2.11. The van der Waals surface area contributed by atoms with Crippen LogP contribution < -0.4 is 11.4 Å². The molecule has 108 valence electrons. The number of hydrogen-bond donors (Lipinski definition) is 2. The van der Waals surface area contributed by atoms with Crippen molar-refractivity contribution < 1.29 is 0 Å². The van der Waals surface area contributed by atoms with Gasteiger partial charge in [-0.15, -0.1) is 5.10 Å². The Morgan fingerprint density at radius 1 is 1.29 bits per heavy atom. The first-order valence-electron chi connectivity index (χ1n) is 6.55. The highest BCUT2D eigenvalue weighted by atomic mass is 32.2. The number of pyridine rings is 1. The summed E-state index contributed by atoms with van der Waals surface area (Å²) in [6, 6.07) is 5.70. The van der Waals surface area contributed by atoms with Gasteiger partial charge >= 0.3 is 5.69 Å². The Morgan fingerprint density at radius 2 is 2.10 bits per heavy atom. The monoisotopic (exact) mass is 301 g/mol. The molecule has 0 radical (unpaired) electrons. The lowest BCUT2D eigenvalue weighted by Crippen LogP contribution is -2.19. The van der Waals surface area contributed by atoms with Crippen molar-refractivity contribution in [1.29, 1.82) is 0 Å². The molecule has 0 aliphatic heterocycles. The molecule has 0 spiro atoms. The highest BCUT2D eigenvalue weighted by Gasteiger charge is 2.14. The summed E-state index contributed by atoms with van der Waals surface area (Å²) in [5.74, 6) is 0. The molecule has 0 aliphatic carbocycles. The van der Waals surface area contributed by atoms with E-state index in [1.807, 2.05) is 32.0 Å². The van der Waals surface area contributed by atoms with Crippen molar-refractivity contribution in [1.82, 2.24) is 19.7 Å². The van der Waals surface area contributed by atoms with E-state index in [1.54, 1.807) is 17.0 Å². The molecule has 0 amide bonds. The Hall–Kier alpha value is -2.28. The van der Waals surface area contributed by atoms with E-state index < -0.39 is 0 Å². The molecule has 0 unspecified atom stereocenters. The van der Waals surface area contributed by atoms with E-state index in [9.17, 15) is 4.79 Å². The number of fused-ring (bicyclic) bond motifs is 1. The summed E-state index contributed by atoms with van der Waals surface area (Å²) in [6.07, 6.45) is 3.49. The summed E-state index contributed by atoms with van der Waals surface area (Å²) in [5, 5.41) is 9.12. The number of benzene rings is 1. The van der Waals surface area contributed by atoms with Crippen molar-refractivity contribution in [3.8, 4) is 0 Å². The van der Waals surface area contributed by atoms with Gasteiger partial charge in [-0.25, -0.2) is 9.89 Å². The smallest absolute Gasteiger partial charge is 0.344 e. The van der Waals surface area contributed by atoms with Crippen LogP contribution >= 0.6 is 11.8 Å². The maximum atomic E-state index is 11.8. The molecular formula is C14H15N5OS. The van der Waals surface area contributed by atoms with E-state index in [4.69, 9.17) is 5.73 Å². The fourth-order valence-corrected chi connectivity index (χ4v) is 3.28. The highest BCUT2D eigenvalue weighted by molar-refractivity contribution is 7.99. The average molecular weight is 301 g/mol. The Morgan fingerprint density at radius 3 is 2.86 bits per heavy atom. The van der Waals surface area contributed by atoms with Crippen LogP contribution in [0.4, 0.5) is 5.69 Å². The topological polar surface area (TPSA) is 89.6 Å². The zero-order chi connectivity index (χ0) is 15.0. The van der Waals surface area contributed by atoms with Gasteiger partial charge in [0.25, 0.3) is 0 Å². The standard InChI is InChI=1S/C14H15N5OS/c1-8(2)19-13(20)17-18-14(19)21-12-4-3-11(15)9-5-6-16-7-10(9)12/h3-8H,15H2,1-2H3,(H,17,20). The molecule has 3 aromatic rings. The third-order valence-corrected chi connectivity index (χ3v) is 4.25. The van der Waals surface area contributed by atoms with Crippen LogP contribution in [0.1, 0.15) is 19.9 Å². The van der Waals surface area contributed by atoms with Crippen LogP contribution in [-0.2, 0) is 0 Å². The summed E-state index contributed by atoms with van der Waals surface area (Å²) >= 11 is 1.43. The molecule has 0 fully saturated rings. The largest absolute Gasteiger partial charge is 0.398 e. The Kier molecular flexibility index (Phi) is 3.42. The van der Waals surface area contributed by atoms with Gasteiger partial charge in [0, 0.05) is 39.8 Å². The minimum absolute atomic E-state index is 0.0388. The summed E-state index contributed by atoms with van der Waals surface area (Å²) < 4.78 is 1.63. The molecule has 21 heavy (non-hydrogen) atoms. The lowest BCUT2D eigenvalue weighted by molar-refractivity contribution is 0.534. The van der Waals surface area contributed by atoms with Crippen LogP contribution in [0.2, 0.25) is 0 Å². The predicted molar refractivity (Wildman–Crippen MR) is 83.5 cm³/mol. The van der Waals surface area contributed by atoms with Crippen molar-refractivity contribution in [3.63, 3.8) is 0 Å². The van der Waals surface area contributed by atoms with E-state index in [0.717, 1.165) is 15.7 Å². The number of rotatable bonds is 3. The molecule has 0 aliphatic rings. The van der Waals surface area contributed by atoms with Gasteiger partial charge in [0.2, 0.25) is 0 Å². The highest BCUT2D eigenvalue weighted by Crippen LogP contribution is 2.34. The molecule has 6 nitrogen and oxygen atoms in total. The van der Waals surface area contributed by atoms with Gasteiger partial charge in [-0.2, -0.15) is 0 Å². The van der Waals surface area contributed by atoms with E-state index >= 15 is 0 Å². The van der Waals surface area contributed by atoms with E-state index in [1.165, 1.54) is 11.8 Å².